The summed E-state index contributed by atoms with van der Waals surface area (Å²) in [6.07, 6.45) is 1.98. The van der Waals surface area contributed by atoms with Gasteiger partial charge in [0.1, 0.15) is 5.75 Å². The number of amides is 1. The lowest BCUT2D eigenvalue weighted by Crippen LogP contribution is -2.36. The summed E-state index contributed by atoms with van der Waals surface area (Å²) < 4.78 is 5.53. The van der Waals surface area contributed by atoms with Gasteiger partial charge >= 0.3 is 0 Å². The van der Waals surface area contributed by atoms with Crippen LogP contribution in [0.5, 0.6) is 5.75 Å². The molecular formula is C20H23NO2. The maximum absolute atomic E-state index is 13.1. The van der Waals surface area contributed by atoms with Crippen molar-refractivity contribution in [3.05, 3.63) is 58.1 Å². The van der Waals surface area contributed by atoms with E-state index < -0.39 is 0 Å². The second-order valence-corrected chi connectivity index (χ2v) is 6.27. The zero-order valence-corrected chi connectivity index (χ0v) is 14.3. The van der Waals surface area contributed by atoms with Crippen molar-refractivity contribution < 1.29 is 9.53 Å². The highest BCUT2D eigenvalue weighted by Gasteiger charge is 2.28. The molecule has 0 N–H and O–H groups in total. The summed E-state index contributed by atoms with van der Waals surface area (Å²) in [5, 5.41) is 0. The molecule has 1 aliphatic rings. The Morgan fingerprint density at radius 2 is 1.78 bits per heavy atom. The Kier molecular flexibility index (Phi) is 4.12. The van der Waals surface area contributed by atoms with E-state index >= 15 is 0 Å². The van der Waals surface area contributed by atoms with E-state index in [-0.39, 0.29) is 5.91 Å². The fourth-order valence-corrected chi connectivity index (χ4v) is 3.25. The molecule has 120 valence electrons. The molecule has 23 heavy (non-hydrogen) atoms. The maximum atomic E-state index is 13.1. The Labute approximate surface area is 137 Å². The molecule has 1 aliphatic heterocycles. The van der Waals surface area contributed by atoms with Crippen LogP contribution >= 0.6 is 0 Å². The van der Waals surface area contributed by atoms with Crippen LogP contribution in [-0.2, 0) is 6.42 Å². The van der Waals surface area contributed by atoms with Crippen LogP contribution in [-0.4, -0.2) is 19.6 Å². The predicted octanol–water partition coefficient (Wildman–Crippen LogP) is 4.21. The number of aryl methyl sites for hydroxylation is 3. The molecule has 0 aromatic heterocycles. The average molecular weight is 309 g/mol. The van der Waals surface area contributed by atoms with Crippen molar-refractivity contribution in [1.29, 1.82) is 0 Å². The standard InChI is InChI=1S/C20H23NO2/c1-13-7-9-16(12-15(13)3)20(22)21-11-5-6-17-14(2)8-10-18(23-4)19(17)21/h7-10,12H,5-6,11H2,1-4H3. The molecule has 2 aromatic carbocycles. The molecule has 0 atom stereocenters. The summed E-state index contributed by atoms with van der Waals surface area (Å²) in [5.41, 5.74) is 6.48. The van der Waals surface area contributed by atoms with Crippen LogP contribution < -0.4 is 9.64 Å². The van der Waals surface area contributed by atoms with E-state index in [4.69, 9.17) is 4.74 Å². The largest absolute Gasteiger partial charge is 0.495 e. The molecule has 1 amide bonds. The highest BCUT2D eigenvalue weighted by atomic mass is 16.5. The molecule has 0 spiro atoms. The first-order valence-electron chi connectivity index (χ1n) is 8.08. The number of carbonyl (C=O) groups excluding carboxylic acids is 1. The Balaban J connectivity index is 2.07. The average Bonchev–Trinajstić information content (AvgIpc) is 2.57. The highest BCUT2D eigenvalue weighted by Crippen LogP contribution is 2.38. The van der Waals surface area contributed by atoms with Gasteiger partial charge in [0, 0.05) is 12.1 Å². The molecule has 0 saturated heterocycles. The molecular weight excluding hydrogens is 286 g/mol. The molecule has 0 radical (unpaired) electrons. The zero-order chi connectivity index (χ0) is 16.6. The van der Waals surface area contributed by atoms with Gasteiger partial charge in [0.25, 0.3) is 5.91 Å². The van der Waals surface area contributed by atoms with E-state index in [0.29, 0.717) is 0 Å². The summed E-state index contributed by atoms with van der Waals surface area (Å²) >= 11 is 0. The van der Waals surface area contributed by atoms with Crippen LogP contribution in [0.1, 0.15) is 39.0 Å². The molecule has 3 heteroatoms. The van der Waals surface area contributed by atoms with Gasteiger partial charge in [-0.25, -0.2) is 0 Å². The van der Waals surface area contributed by atoms with Gasteiger partial charge < -0.3 is 9.64 Å². The SMILES string of the molecule is COc1ccc(C)c2c1N(C(=O)c1ccc(C)c(C)c1)CCC2. The number of anilines is 1. The van der Waals surface area contributed by atoms with E-state index in [1.807, 2.05) is 36.1 Å². The monoisotopic (exact) mass is 309 g/mol. The van der Waals surface area contributed by atoms with Crippen LogP contribution in [0, 0.1) is 20.8 Å². The number of benzene rings is 2. The summed E-state index contributed by atoms with van der Waals surface area (Å²) in [5.74, 6) is 0.834. The lowest BCUT2D eigenvalue weighted by Gasteiger charge is -2.32. The molecule has 0 bridgehead atoms. The fraction of sp³-hybridized carbons (Fsp3) is 0.350. The minimum absolute atomic E-state index is 0.0537. The van der Waals surface area contributed by atoms with Crippen molar-refractivity contribution >= 4 is 11.6 Å². The predicted molar refractivity (Wildman–Crippen MR) is 93.6 cm³/mol. The quantitative estimate of drug-likeness (QED) is 0.831. The first kappa shape index (κ1) is 15.6. The molecule has 1 heterocycles. The molecule has 0 aliphatic carbocycles. The van der Waals surface area contributed by atoms with Crippen LogP contribution in [0.15, 0.2) is 30.3 Å². The molecule has 3 nitrogen and oxygen atoms in total. The number of rotatable bonds is 2. The summed E-state index contributed by atoms with van der Waals surface area (Å²) in [7, 11) is 1.66. The Bertz CT molecular complexity index is 764. The number of ether oxygens (including phenoxy) is 1. The van der Waals surface area contributed by atoms with Crippen LogP contribution in [0.2, 0.25) is 0 Å². The van der Waals surface area contributed by atoms with E-state index in [1.165, 1.54) is 16.7 Å². The molecule has 2 aromatic rings. The number of methoxy groups -OCH3 is 1. The third-order valence-corrected chi connectivity index (χ3v) is 4.78. The van der Waals surface area contributed by atoms with Crippen LogP contribution in [0.4, 0.5) is 5.69 Å². The smallest absolute Gasteiger partial charge is 0.258 e. The number of hydrogen-bond acceptors (Lipinski definition) is 2. The topological polar surface area (TPSA) is 29.5 Å². The Morgan fingerprint density at radius 3 is 2.48 bits per heavy atom. The third kappa shape index (κ3) is 2.72. The first-order chi connectivity index (χ1) is 11.0. The van der Waals surface area contributed by atoms with Crippen LogP contribution in [0.3, 0.4) is 0 Å². The summed E-state index contributed by atoms with van der Waals surface area (Å²) in [6.45, 7) is 6.94. The van der Waals surface area contributed by atoms with Crippen molar-refractivity contribution in [2.45, 2.75) is 33.6 Å². The normalized spacial score (nSPS) is 13.7. The number of fused-ring (bicyclic) bond motifs is 1. The van der Waals surface area contributed by atoms with E-state index in [9.17, 15) is 4.79 Å². The van der Waals surface area contributed by atoms with Crippen molar-refractivity contribution in [2.75, 3.05) is 18.6 Å². The van der Waals surface area contributed by atoms with Gasteiger partial charge in [-0.1, -0.05) is 12.1 Å². The number of nitrogens with zero attached hydrogens (tertiary/aromatic N) is 1. The van der Waals surface area contributed by atoms with E-state index in [0.717, 1.165) is 42.0 Å². The van der Waals surface area contributed by atoms with E-state index in [1.54, 1.807) is 7.11 Å². The van der Waals surface area contributed by atoms with Gasteiger partial charge in [-0.05, 0) is 74.1 Å². The maximum Gasteiger partial charge on any atom is 0.258 e. The molecule has 0 fully saturated rings. The first-order valence-corrected chi connectivity index (χ1v) is 8.08. The Morgan fingerprint density at radius 1 is 1.04 bits per heavy atom. The van der Waals surface area contributed by atoms with Gasteiger partial charge in [-0.3, -0.25) is 4.79 Å². The van der Waals surface area contributed by atoms with Crippen molar-refractivity contribution in [2.24, 2.45) is 0 Å². The van der Waals surface area contributed by atoms with Gasteiger partial charge in [0.15, 0.2) is 0 Å². The second-order valence-electron chi connectivity index (χ2n) is 6.27. The van der Waals surface area contributed by atoms with Crippen molar-refractivity contribution in [3.63, 3.8) is 0 Å². The Hall–Kier alpha value is -2.29. The fourth-order valence-electron chi connectivity index (χ4n) is 3.25. The number of carbonyl (C=O) groups is 1. The van der Waals surface area contributed by atoms with E-state index in [2.05, 4.69) is 19.9 Å². The molecule has 0 unspecified atom stereocenters. The lowest BCUT2D eigenvalue weighted by molar-refractivity contribution is 0.0984. The minimum Gasteiger partial charge on any atom is -0.495 e. The van der Waals surface area contributed by atoms with Crippen molar-refractivity contribution in [3.8, 4) is 5.75 Å². The van der Waals surface area contributed by atoms with Gasteiger partial charge in [0.2, 0.25) is 0 Å². The second kappa shape index (κ2) is 6.07. The third-order valence-electron chi connectivity index (χ3n) is 4.78. The lowest BCUT2D eigenvalue weighted by atomic mass is 9.95. The van der Waals surface area contributed by atoms with Crippen molar-refractivity contribution in [1.82, 2.24) is 0 Å². The summed E-state index contributed by atoms with van der Waals surface area (Å²) in [6, 6.07) is 9.94. The zero-order valence-electron chi connectivity index (χ0n) is 14.3. The molecule has 0 saturated carbocycles. The van der Waals surface area contributed by atoms with Crippen LogP contribution in [0.25, 0.3) is 0 Å². The highest BCUT2D eigenvalue weighted by molar-refractivity contribution is 6.07. The van der Waals surface area contributed by atoms with Gasteiger partial charge in [0.05, 0.1) is 12.8 Å². The number of hydrogen-bond donors (Lipinski definition) is 0. The van der Waals surface area contributed by atoms with Gasteiger partial charge in [-0.2, -0.15) is 0 Å². The van der Waals surface area contributed by atoms with Gasteiger partial charge in [-0.15, -0.1) is 0 Å². The molecule has 3 rings (SSSR count). The summed E-state index contributed by atoms with van der Waals surface area (Å²) in [4.78, 5) is 15.0. The minimum atomic E-state index is 0.0537.